The molecule has 9 heteroatoms. The number of amides is 2. The van der Waals surface area contributed by atoms with E-state index in [9.17, 15) is 14.0 Å². The van der Waals surface area contributed by atoms with E-state index >= 15 is 0 Å². The maximum atomic E-state index is 13.9. The number of hydrogen-bond acceptors (Lipinski definition) is 4. The highest BCUT2D eigenvalue weighted by molar-refractivity contribution is 6.39. The van der Waals surface area contributed by atoms with Crippen molar-refractivity contribution in [3.63, 3.8) is 0 Å². The van der Waals surface area contributed by atoms with Crippen LogP contribution in [-0.2, 0) is 9.59 Å². The molecule has 0 aromatic heterocycles. The summed E-state index contributed by atoms with van der Waals surface area (Å²) in [6.45, 7) is 0. The lowest BCUT2D eigenvalue weighted by atomic mass is 10.2. The van der Waals surface area contributed by atoms with Gasteiger partial charge in [-0.2, -0.15) is 5.10 Å². The molecule has 2 amide bonds. The van der Waals surface area contributed by atoms with Gasteiger partial charge in [0.2, 0.25) is 0 Å². The van der Waals surface area contributed by atoms with Gasteiger partial charge in [0.25, 0.3) is 0 Å². The van der Waals surface area contributed by atoms with E-state index in [0.29, 0.717) is 27.0 Å². The van der Waals surface area contributed by atoms with E-state index in [2.05, 4.69) is 21.2 Å². The highest BCUT2D eigenvalue weighted by Crippen LogP contribution is 2.24. The van der Waals surface area contributed by atoms with Gasteiger partial charge in [-0.1, -0.05) is 41.4 Å². The van der Waals surface area contributed by atoms with Crippen LogP contribution in [0.5, 0.6) is 0 Å². The monoisotopic (exact) mass is 444 g/mol. The van der Waals surface area contributed by atoms with Crippen LogP contribution < -0.4 is 16.1 Å². The number of nitrogens with one attached hydrogen (secondary N) is 3. The van der Waals surface area contributed by atoms with Crippen LogP contribution in [0.2, 0.25) is 10.0 Å². The quantitative estimate of drug-likeness (QED) is 0.295. The third-order valence-corrected chi connectivity index (χ3v) is 4.29. The Labute approximate surface area is 181 Å². The first-order valence-corrected chi connectivity index (χ1v) is 9.39. The van der Waals surface area contributed by atoms with Gasteiger partial charge in [-0.25, -0.2) is 9.82 Å². The molecule has 3 aromatic carbocycles. The molecule has 0 unspecified atom stereocenters. The predicted molar refractivity (Wildman–Crippen MR) is 117 cm³/mol. The zero-order valence-electron chi connectivity index (χ0n) is 15.3. The molecule has 0 fully saturated rings. The molecule has 3 aromatic rings. The van der Waals surface area contributed by atoms with E-state index in [0.717, 1.165) is 0 Å². The zero-order chi connectivity index (χ0) is 21.5. The van der Waals surface area contributed by atoms with Gasteiger partial charge in [-0.05, 0) is 48.5 Å². The molecule has 0 aliphatic carbocycles. The van der Waals surface area contributed by atoms with Crippen LogP contribution in [0.3, 0.4) is 0 Å². The molecule has 0 aliphatic rings. The van der Waals surface area contributed by atoms with E-state index in [1.165, 1.54) is 18.3 Å². The average molecular weight is 445 g/mol. The molecule has 0 spiro atoms. The lowest BCUT2D eigenvalue weighted by Gasteiger charge is -2.10. The number of carbonyl (C=O) groups excluding carboxylic acids is 2. The fourth-order valence-electron chi connectivity index (χ4n) is 2.43. The molecule has 0 heterocycles. The molecule has 3 rings (SSSR count). The maximum Gasteiger partial charge on any atom is 0.329 e. The number of nitrogens with zero attached hydrogens (tertiary/aromatic N) is 1. The van der Waals surface area contributed by atoms with Crippen LogP contribution in [0.4, 0.5) is 21.5 Å². The summed E-state index contributed by atoms with van der Waals surface area (Å²) in [5, 5.41) is 9.96. The number of rotatable bonds is 5. The van der Waals surface area contributed by atoms with Crippen molar-refractivity contribution in [3.05, 3.63) is 88.2 Å². The zero-order valence-corrected chi connectivity index (χ0v) is 16.8. The summed E-state index contributed by atoms with van der Waals surface area (Å²) in [4.78, 5) is 23.9. The number of anilines is 3. The van der Waals surface area contributed by atoms with Crippen molar-refractivity contribution in [2.75, 3.05) is 10.6 Å². The Kier molecular flexibility index (Phi) is 7.00. The highest BCUT2D eigenvalue weighted by Gasteiger charge is 2.13. The number of hydrogen-bond donors (Lipinski definition) is 3. The van der Waals surface area contributed by atoms with E-state index in [-0.39, 0.29) is 5.69 Å². The highest BCUT2D eigenvalue weighted by atomic mass is 35.5. The topological polar surface area (TPSA) is 82.6 Å². The van der Waals surface area contributed by atoms with Crippen LogP contribution in [0.15, 0.2) is 71.8 Å². The van der Waals surface area contributed by atoms with Crippen molar-refractivity contribution >= 4 is 58.3 Å². The molecule has 0 saturated carbocycles. The molecule has 152 valence electrons. The van der Waals surface area contributed by atoms with Crippen molar-refractivity contribution in [2.45, 2.75) is 0 Å². The second kappa shape index (κ2) is 9.87. The molecule has 6 nitrogen and oxygen atoms in total. The van der Waals surface area contributed by atoms with Gasteiger partial charge in [0, 0.05) is 27.0 Å². The van der Waals surface area contributed by atoms with Crippen LogP contribution >= 0.6 is 23.2 Å². The minimum absolute atomic E-state index is 0.263. The van der Waals surface area contributed by atoms with Gasteiger partial charge in [0.05, 0.1) is 11.9 Å². The first kappa shape index (κ1) is 21.3. The standard InChI is InChI=1S/C21H15Cl2FN4O2/c22-14-4-3-5-16(11-14)26-20(29)21(30)28-25-12-13-10-15(23)8-9-18(13)27-19-7-2-1-6-17(19)24/h1-12,27H,(H,26,29)(H,28,30)/b25-12-. The first-order chi connectivity index (χ1) is 14.4. The molecule has 0 aliphatic heterocycles. The van der Waals surface area contributed by atoms with Crippen molar-refractivity contribution in [1.29, 1.82) is 0 Å². The molecular weight excluding hydrogens is 430 g/mol. The Morgan fingerprint density at radius 2 is 1.63 bits per heavy atom. The Hall–Kier alpha value is -3.42. The van der Waals surface area contributed by atoms with E-state index in [1.54, 1.807) is 54.6 Å². The largest absolute Gasteiger partial charge is 0.353 e. The second-order valence-corrected chi connectivity index (χ2v) is 6.87. The molecule has 30 heavy (non-hydrogen) atoms. The number of hydrazone groups is 1. The molecule has 3 N–H and O–H groups in total. The van der Waals surface area contributed by atoms with Crippen molar-refractivity contribution in [1.82, 2.24) is 5.43 Å². The Balaban J connectivity index is 1.68. The van der Waals surface area contributed by atoms with E-state index in [1.807, 2.05) is 0 Å². The average Bonchev–Trinajstić information content (AvgIpc) is 2.71. The molecule has 0 saturated heterocycles. The minimum Gasteiger partial charge on any atom is -0.353 e. The van der Waals surface area contributed by atoms with E-state index in [4.69, 9.17) is 23.2 Å². The minimum atomic E-state index is -0.975. The summed E-state index contributed by atoms with van der Waals surface area (Å²) in [5.41, 5.74) is 3.74. The number of para-hydroxylation sites is 1. The third-order valence-electron chi connectivity index (χ3n) is 3.82. The van der Waals surface area contributed by atoms with Crippen LogP contribution in [0, 0.1) is 5.82 Å². The van der Waals surface area contributed by atoms with Crippen molar-refractivity contribution in [2.24, 2.45) is 5.10 Å². The van der Waals surface area contributed by atoms with Gasteiger partial charge >= 0.3 is 11.8 Å². The van der Waals surface area contributed by atoms with Gasteiger partial charge in [-0.15, -0.1) is 0 Å². The molecule has 0 bridgehead atoms. The Morgan fingerprint density at radius 1 is 0.867 bits per heavy atom. The summed E-state index contributed by atoms with van der Waals surface area (Å²) in [6.07, 6.45) is 1.29. The van der Waals surface area contributed by atoms with Gasteiger partial charge in [-0.3, -0.25) is 9.59 Å². The van der Waals surface area contributed by atoms with Gasteiger partial charge in [0.15, 0.2) is 0 Å². The van der Waals surface area contributed by atoms with Crippen molar-refractivity contribution in [3.8, 4) is 0 Å². The molecule has 0 radical (unpaired) electrons. The summed E-state index contributed by atoms with van der Waals surface area (Å²) in [7, 11) is 0. The SMILES string of the molecule is O=C(N/N=C\c1cc(Cl)ccc1Nc1ccccc1F)C(=O)Nc1cccc(Cl)c1. The normalized spacial score (nSPS) is 10.6. The third kappa shape index (κ3) is 5.79. The van der Waals surface area contributed by atoms with Crippen LogP contribution in [-0.4, -0.2) is 18.0 Å². The van der Waals surface area contributed by atoms with Gasteiger partial charge < -0.3 is 10.6 Å². The summed E-state index contributed by atoms with van der Waals surface area (Å²) in [6, 6.07) is 17.4. The fourth-order valence-corrected chi connectivity index (χ4v) is 2.80. The second-order valence-electron chi connectivity index (χ2n) is 6.00. The smallest absolute Gasteiger partial charge is 0.329 e. The first-order valence-electron chi connectivity index (χ1n) is 8.63. The Bertz CT molecular complexity index is 1120. The van der Waals surface area contributed by atoms with Crippen molar-refractivity contribution < 1.29 is 14.0 Å². The number of carbonyl (C=O) groups is 2. The molecular formula is C21H15Cl2FN4O2. The lowest BCUT2D eigenvalue weighted by Crippen LogP contribution is -2.32. The summed E-state index contributed by atoms with van der Waals surface area (Å²) < 4.78 is 13.9. The summed E-state index contributed by atoms with van der Waals surface area (Å²) >= 11 is 11.9. The van der Waals surface area contributed by atoms with Gasteiger partial charge in [0.1, 0.15) is 5.82 Å². The number of halogens is 3. The number of benzene rings is 3. The van der Waals surface area contributed by atoms with Crippen LogP contribution in [0.25, 0.3) is 0 Å². The molecule has 0 atom stereocenters. The fraction of sp³-hybridized carbons (Fsp3) is 0. The lowest BCUT2D eigenvalue weighted by molar-refractivity contribution is -0.136. The Morgan fingerprint density at radius 3 is 2.40 bits per heavy atom. The van der Waals surface area contributed by atoms with E-state index < -0.39 is 17.6 Å². The predicted octanol–water partition coefficient (Wildman–Crippen LogP) is 4.96. The maximum absolute atomic E-state index is 13.9. The summed E-state index contributed by atoms with van der Waals surface area (Å²) in [5.74, 6) is -2.32. The van der Waals surface area contributed by atoms with Crippen LogP contribution in [0.1, 0.15) is 5.56 Å².